The van der Waals surface area contributed by atoms with Gasteiger partial charge < -0.3 is 31.1 Å². The maximum Gasteiger partial charge on any atom is 0.255 e. The van der Waals surface area contributed by atoms with Crippen LogP contribution >= 0.6 is 0 Å². The van der Waals surface area contributed by atoms with Gasteiger partial charge in [-0.1, -0.05) is 17.7 Å². The number of likely N-dealkylation sites (N-methyl/N-ethyl adjacent to an activating group) is 1. The fraction of sp³-hybridized carbons (Fsp3) is 0.387. The van der Waals surface area contributed by atoms with Crippen molar-refractivity contribution in [2.75, 3.05) is 39.6 Å². The third-order valence-electron chi connectivity index (χ3n) is 9.22. The van der Waals surface area contributed by atoms with Crippen LogP contribution in [0.2, 0.25) is 0 Å². The molecule has 3 aliphatic carbocycles. The Labute approximate surface area is 260 Å². The topological polar surface area (TPSA) is 211 Å². The van der Waals surface area contributed by atoms with Crippen LogP contribution in [0.15, 0.2) is 58.2 Å². The minimum absolute atomic E-state index is 0.0496. The number of phenols is 1. The molecule has 0 spiro atoms. The van der Waals surface area contributed by atoms with E-state index in [0.29, 0.717) is 11.3 Å². The Kier molecular flexibility index (Phi) is 7.64. The van der Waals surface area contributed by atoms with Gasteiger partial charge in [0.2, 0.25) is 15.8 Å². The number of hydrogen-bond acceptors (Lipinski definition) is 11. The minimum atomic E-state index is -4.18. The van der Waals surface area contributed by atoms with Gasteiger partial charge >= 0.3 is 0 Å². The molecule has 3 aliphatic rings. The number of aliphatic hydroxyl groups is 3. The van der Waals surface area contributed by atoms with E-state index in [2.05, 4.69) is 4.72 Å². The second-order valence-corrected chi connectivity index (χ2v) is 14.2. The third kappa shape index (κ3) is 4.71. The van der Waals surface area contributed by atoms with Crippen LogP contribution < -0.4 is 15.4 Å². The van der Waals surface area contributed by atoms with Gasteiger partial charge in [-0.15, -0.1) is 0 Å². The molecule has 0 saturated heterocycles. The Morgan fingerprint density at radius 3 is 2.22 bits per heavy atom. The molecule has 2 aromatic carbocycles. The maximum absolute atomic E-state index is 14.5. The van der Waals surface area contributed by atoms with Gasteiger partial charge in [-0.05, 0) is 63.7 Å². The number of benzene rings is 2. The Morgan fingerprint density at radius 1 is 1.04 bits per heavy atom. The number of nitrogens with zero attached hydrogens (tertiary/aromatic N) is 2. The summed E-state index contributed by atoms with van der Waals surface area (Å²) < 4.78 is 29.6. The van der Waals surface area contributed by atoms with E-state index in [0.717, 1.165) is 5.56 Å². The highest BCUT2D eigenvalue weighted by Gasteiger charge is 2.67. The highest BCUT2D eigenvalue weighted by atomic mass is 32.2. The first-order chi connectivity index (χ1) is 20.9. The summed E-state index contributed by atoms with van der Waals surface area (Å²) in [6.45, 7) is 1.33. The van der Waals surface area contributed by atoms with Crippen molar-refractivity contribution < 1.29 is 43.2 Å². The van der Waals surface area contributed by atoms with Crippen molar-refractivity contribution in [3.8, 4) is 5.75 Å². The summed E-state index contributed by atoms with van der Waals surface area (Å²) in [5.41, 5.74) is 1.22. The van der Waals surface area contributed by atoms with Crippen LogP contribution in [0.4, 0.5) is 5.69 Å². The number of amides is 1. The van der Waals surface area contributed by atoms with Crippen LogP contribution in [0.3, 0.4) is 0 Å². The lowest BCUT2D eigenvalue weighted by molar-refractivity contribution is -0.157. The fourth-order valence-corrected chi connectivity index (χ4v) is 8.22. The van der Waals surface area contributed by atoms with E-state index in [1.165, 1.54) is 37.2 Å². The Balaban J connectivity index is 1.79. The smallest absolute Gasteiger partial charge is 0.255 e. The summed E-state index contributed by atoms with van der Waals surface area (Å²) in [5, 5.41) is 45.9. The van der Waals surface area contributed by atoms with Crippen molar-refractivity contribution in [1.29, 1.82) is 0 Å². The van der Waals surface area contributed by atoms with Gasteiger partial charge in [0.1, 0.15) is 22.8 Å². The molecule has 240 valence electrons. The zero-order valence-corrected chi connectivity index (χ0v) is 26.3. The standard InChI is InChI=1S/C31H36N4O9S/c1-15-6-8-16(9-7-15)45(43,44)33-14-30-12-17-19(34(2)3)10-11-20(36)21(17)25(37)23(30)28(40)31(42)18(13-30)24(35(4)5)26(38)22(27(31)39)29(32)41/h6-11,18,24,33,36-37,39,42H,12-14H2,1-5H3,(H2,32,41)/t18-,24-,30-,31+/m0/s1. The molecular formula is C31H36N4O9S. The third-order valence-corrected chi connectivity index (χ3v) is 10.6. The highest BCUT2D eigenvalue weighted by Crippen LogP contribution is 2.58. The number of aliphatic hydroxyl groups excluding tert-OH is 2. The number of Topliss-reactive ketones (excluding diaryl/α,β-unsaturated/α-hetero) is 2. The van der Waals surface area contributed by atoms with E-state index in [4.69, 9.17) is 5.73 Å². The molecule has 2 aromatic rings. The molecule has 1 fully saturated rings. The lowest BCUT2D eigenvalue weighted by Crippen LogP contribution is -2.68. The van der Waals surface area contributed by atoms with Crippen molar-refractivity contribution in [2.24, 2.45) is 17.1 Å². The van der Waals surface area contributed by atoms with Gasteiger partial charge in [-0.25, -0.2) is 13.1 Å². The average Bonchev–Trinajstić information content (AvgIpc) is 2.94. The van der Waals surface area contributed by atoms with Crippen LogP contribution in [-0.4, -0.2) is 97.6 Å². The number of primary amides is 1. The molecule has 7 N–H and O–H groups in total. The molecule has 0 aromatic heterocycles. The molecular weight excluding hydrogens is 604 g/mol. The predicted molar refractivity (Wildman–Crippen MR) is 164 cm³/mol. The van der Waals surface area contributed by atoms with Gasteiger partial charge in [0.25, 0.3) is 5.91 Å². The van der Waals surface area contributed by atoms with Crippen molar-refractivity contribution in [2.45, 2.75) is 36.3 Å². The zero-order valence-electron chi connectivity index (χ0n) is 25.5. The lowest BCUT2D eigenvalue weighted by Gasteiger charge is -2.55. The van der Waals surface area contributed by atoms with E-state index in [1.54, 1.807) is 44.1 Å². The first-order valence-electron chi connectivity index (χ1n) is 14.1. The van der Waals surface area contributed by atoms with Gasteiger partial charge in [-0.2, -0.15) is 0 Å². The van der Waals surface area contributed by atoms with Crippen molar-refractivity contribution in [1.82, 2.24) is 9.62 Å². The number of ketones is 2. The Morgan fingerprint density at radius 2 is 1.67 bits per heavy atom. The molecule has 0 unspecified atom stereocenters. The van der Waals surface area contributed by atoms with Crippen LogP contribution in [0.25, 0.3) is 5.76 Å². The summed E-state index contributed by atoms with van der Waals surface area (Å²) in [5.74, 6) is -7.26. The molecule has 0 heterocycles. The number of sulfonamides is 1. The number of nitrogens with two attached hydrogens (primary N) is 1. The molecule has 45 heavy (non-hydrogen) atoms. The number of hydrogen-bond donors (Lipinski definition) is 6. The predicted octanol–water partition coefficient (Wildman–Crippen LogP) is 0.687. The van der Waals surface area contributed by atoms with Gasteiger partial charge in [0.05, 0.1) is 16.5 Å². The number of anilines is 1. The molecule has 0 radical (unpaired) electrons. The first-order valence-corrected chi connectivity index (χ1v) is 15.6. The second kappa shape index (κ2) is 10.7. The van der Waals surface area contributed by atoms with E-state index in [-0.39, 0.29) is 29.1 Å². The molecule has 1 amide bonds. The van der Waals surface area contributed by atoms with Crippen molar-refractivity contribution in [3.63, 3.8) is 0 Å². The Hall–Kier alpha value is -4.24. The van der Waals surface area contributed by atoms with E-state index in [9.17, 15) is 43.2 Å². The summed E-state index contributed by atoms with van der Waals surface area (Å²) >= 11 is 0. The molecule has 13 nitrogen and oxygen atoms in total. The number of aromatic hydroxyl groups is 1. The minimum Gasteiger partial charge on any atom is -0.508 e. The lowest BCUT2D eigenvalue weighted by atomic mass is 9.51. The number of aryl methyl sites for hydroxylation is 1. The first kappa shape index (κ1) is 32.2. The molecule has 0 aliphatic heterocycles. The molecule has 14 heteroatoms. The molecule has 1 saturated carbocycles. The normalized spacial score (nSPS) is 26.5. The number of phenolic OH excluding ortho intramolecular Hbond substituents is 1. The van der Waals surface area contributed by atoms with Crippen LogP contribution in [0, 0.1) is 18.3 Å². The molecule has 0 bridgehead atoms. The molecule has 5 rings (SSSR count). The zero-order chi connectivity index (χ0) is 33.4. The van der Waals surface area contributed by atoms with E-state index >= 15 is 0 Å². The monoisotopic (exact) mass is 640 g/mol. The number of fused-ring (bicyclic) bond motifs is 3. The largest absolute Gasteiger partial charge is 0.508 e. The second-order valence-electron chi connectivity index (χ2n) is 12.4. The number of rotatable bonds is 7. The Bertz CT molecular complexity index is 1810. The van der Waals surface area contributed by atoms with Gasteiger partial charge in [-0.3, -0.25) is 19.3 Å². The maximum atomic E-state index is 14.5. The van der Waals surface area contributed by atoms with Crippen molar-refractivity contribution >= 4 is 38.9 Å². The fourth-order valence-electron chi connectivity index (χ4n) is 7.09. The SMILES string of the molecule is Cc1ccc(S(=O)(=O)NC[C@@]23Cc4c(N(C)C)ccc(O)c4C(O)=C2C(=O)[C@]2(O)C(O)=C(C(N)=O)C(=O)[C@@H](N(C)C)[C@@H]2C3)cc1. The molecule has 4 atom stereocenters. The highest BCUT2D eigenvalue weighted by molar-refractivity contribution is 7.89. The van der Waals surface area contributed by atoms with E-state index in [1.807, 2.05) is 0 Å². The van der Waals surface area contributed by atoms with Crippen LogP contribution in [0.1, 0.15) is 23.1 Å². The number of carbonyl (C=O) groups is 3. The summed E-state index contributed by atoms with van der Waals surface area (Å²) in [4.78, 5) is 43.5. The van der Waals surface area contributed by atoms with Crippen LogP contribution in [-0.2, 0) is 30.8 Å². The van der Waals surface area contributed by atoms with Crippen molar-refractivity contribution in [3.05, 3.63) is 70.0 Å². The number of nitrogens with one attached hydrogen (secondary N) is 1. The summed E-state index contributed by atoms with van der Waals surface area (Å²) in [7, 11) is 2.26. The van der Waals surface area contributed by atoms with Crippen LogP contribution in [0.5, 0.6) is 5.75 Å². The average molecular weight is 641 g/mol. The number of carbonyl (C=O) groups excluding carboxylic acids is 3. The summed E-state index contributed by atoms with van der Waals surface area (Å²) in [6, 6.07) is 7.68. The van der Waals surface area contributed by atoms with Gasteiger partial charge in [0.15, 0.2) is 11.4 Å². The van der Waals surface area contributed by atoms with E-state index < -0.39 is 79.7 Å². The van der Waals surface area contributed by atoms with Gasteiger partial charge in [0, 0.05) is 43.2 Å². The quantitative estimate of drug-likeness (QED) is 0.232. The summed E-state index contributed by atoms with van der Waals surface area (Å²) in [6.07, 6.45) is -0.419.